The second-order valence-corrected chi connectivity index (χ2v) is 47.9. The molecule has 6 aliphatic rings. The molecule has 0 bridgehead atoms. The first-order valence-corrected chi connectivity index (χ1v) is 48.3. The molecule has 130 heavy (non-hydrogen) atoms. The van der Waals surface area contributed by atoms with Gasteiger partial charge in [0.15, 0.2) is 0 Å². The molecule has 0 radical (unpaired) electrons. The maximum Gasteiger partial charge on any atom is 0.252 e. The summed E-state index contributed by atoms with van der Waals surface area (Å²) in [6, 6.07) is 109. The Bertz CT molecular complexity index is 6890. The molecule has 2 aliphatic carbocycles. The van der Waals surface area contributed by atoms with Gasteiger partial charge in [0.1, 0.15) is 0 Å². The first-order valence-electron chi connectivity index (χ1n) is 48.3. The van der Waals surface area contributed by atoms with E-state index in [1.807, 2.05) is 0 Å². The van der Waals surface area contributed by atoms with Crippen molar-refractivity contribution in [2.24, 2.45) is 5.41 Å². The second kappa shape index (κ2) is 30.2. The van der Waals surface area contributed by atoms with Crippen LogP contribution in [0, 0.1) is 12.3 Å². The largest absolute Gasteiger partial charge is 0.311 e. The summed E-state index contributed by atoms with van der Waals surface area (Å²) in [7, 11) is 0. The standard InChI is InChI=1S/C124H132B2N4/c1-76-59-110-114-111(60-76)130(104-56-48-91(119(12,13)14)68-96(104)82-39-44-88(45-40-82)116(3,4)5)109-72-99-98(123(23,24)75-124(99,25)26)71-103(109)125(114)100-63-83(43-55-106(100)127(110)94-51-41-80(42-52-94)79-31-28-27-29-32-79)81-37-35-78(36-38-81)61-77(2)85-65-112-115-113(66-85)129(105-57-49-92(120(15,16)17)69-97(105)84-33-30-34-90(62-84)118(9,10)11)108-67-87-74-122(21,22)73-86(87)64-101(108)126(115)102-70-93(121(18,19)20)50-58-107(102)128(112)95-53-46-89(47-54-95)117(6,7)8/h27-60,62-72,77H,61,73-75H2,1-26H3. The van der Waals surface area contributed by atoms with Crippen molar-refractivity contribution in [1.82, 2.24) is 0 Å². The molecule has 0 amide bonds. The van der Waals surface area contributed by atoms with Crippen LogP contribution in [0.5, 0.6) is 0 Å². The Morgan fingerprint density at radius 2 is 0.669 bits per heavy atom. The Labute approximate surface area is 778 Å². The molecule has 0 fully saturated rings. The molecule has 14 aromatic rings. The lowest BCUT2D eigenvalue weighted by atomic mass is 9.33. The third-order valence-electron chi connectivity index (χ3n) is 30.2. The number of rotatable bonds is 11. The number of anilines is 12. The van der Waals surface area contributed by atoms with Crippen LogP contribution < -0.4 is 52.4 Å². The van der Waals surface area contributed by atoms with Crippen LogP contribution in [0.25, 0.3) is 44.5 Å². The van der Waals surface area contributed by atoms with E-state index in [1.165, 1.54) is 212 Å². The van der Waals surface area contributed by atoms with E-state index in [0.717, 1.165) is 31.4 Å². The van der Waals surface area contributed by atoms with Crippen LogP contribution >= 0.6 is 0 Å². The fraction of sp³-hybridized carbons (Fsp3) is 0.323. The van der Waals surface area contributed by atoms with Crippen LogP contribution in [0.15, 0.2) is 273 Å². The molecule has 4 nitrogen and oxygen atoms in total. The quantitative estimate of drug-likeness (QED) is 0.120. The Morgan fingerprint density at radius 1 is 0.292 bits per heavy atom. The molecule has 0 aromatic heterocycles. The summed E-state index contributed by atoms with van der Waals surface area (Å²) in [6.07, 6.45) is 4.00. The molecule has 4 heterocycles. The Kier molecular flexibility index (Phi) is 20.1. The number of nitrogens with zero attached hydrogens (tertiary/aromatic N) is 4. The highest BCUT2D eigenvalue weighted by Crippen LogP contribution is 2.57. The summed E-state index contributed by atoms with van der Waals surface area (Å²) < 4.78 is 0. The molecule has 1 unspecified atom stereocenters. The molecule has 0 saturated heterocycles. The van der Waals surface area contributed by atoms with Gasteiger partial charge in [-0.3, -0.25) is 0 Å². The monoisotopic (exact) mass is 1700 g/mol. The molecule has 0 N–H and O–H groups in total. The molecule has 4 aliphatic heterocycles. The van der Waals surface area contributed by atoms with Gasteiger partial charge in [-0.15, -0.1) is 0 Å². The van der Waals surface area contributed by atoms with Gasteiger partial charge in [-0.1, -0.05) is 349 Å². The highest BCUT2D eigenvalue weighted by molar-refractivity contribution is 7.01. The maximum absolute atomic E-state index is 2.76. The van der Waals surface area contributed by atoms with Crippen LogP contribution in [-0.2, 0) is 62.6 Å². The summed E-state index contributed by atoms with van der Waals surface area (Å²) in [5.41, 5.74) is 50.0. The number of hydrogen-bond donors (Lipinski definition) is 0. The first kappa shape index (κ1) is 86.4. The molecular formula is C124H132B2N4. The van der Waals surface area contributed by atoms with Gasteiger partial charge in [0, 0.05) is 68.0 Å². The van der Waals surface area contributed by atoms with Gasteiger partial charge in [0.05, 0.1) is 11.4 Å². The van der Waals surface area contributed by atoms with Gasteiger partial charge >= 0.3 is 0 Å². The average molecular weight is 1700 g/mol. The number of hydrogen-bond acceptors (Lipinski definition) is 4. The number of aryl methyl sites for hydroxylation is 1. The van der Waals surface area contributed by atoms with Crippen molar-refractivity contribution in [3.05, 3.63) is 345 Å². The van der Waals surface area contributed by atoms with Crippen molar-refractivity contribution in [3.8, 4) is 44.5 Å². The van der Waals surface area contributed by atoms with Crippen molar-refractivity contribution >= 4 is 114 Å². The zero-order valence-electron chi connectivity index (χ0n) is 82.3. The maximum atomic E-state index is 2.76. The van der Waals surface area contributed by atoms with Gasteiger partial charge in [0.2, 0.25) is 0 Å². The molecule has 1 atom stereocenters. The molecule has 0 spiro atoms. The van der Waals surface area contributed by atoms with E-state index in [2.05, 4.69) is 473 Å². The van der Waals surface area contributed by atoms with E-state index in [4.69, 9.17) is 0 Å². The van der Waals surface area contributed by atoms with E-state index in [1.54, 1.807) is 0 Å². The fourth-order valence-electron chi connectivity index (χ4n) is 23.2. The van der Waals surface area contributed by atoms with E-state index < -0.39 is 0 Å². The lowest BCUT2D eigenvalue weighted by Crippen LogP contribution is -2.61. The molecular weight excluding hydrogens is 1570 g/mol. The lowest BCUT2D eigenvalue weighted by molar-refractivity contribution is 0.392. The van der Waals surface area contributed by atoms with E-state index in [-0.39, 0.29) is 68.1 Å². The SMILES string of the molecule is Cc1cc2c3c(c1)N(c1ccc(C(C)(C)C)cc1-c1ccc(C(C)(C)C)cc1)c1cc4c(cc1B3c1cc(-c3ccc(CC(C)c5cc6c7c(c5)N(c5ccc(C(C)(C)C)cc5-c5cccc(C(C)(C)C)c5)c5cc8c(cc5B7c5cc(C(C)(C)C)ccc5N6c5ccc(C(C)(C)C)cc5)CC(C)(C)C8)cc3)ccc1N2c1ccc(-c2ccccc2)cc1)C(C)(C)CC4(C)C. The Morgan fingerprint density at radius 3 is 1.22 bits per heavy atom. The average Bonchev–Trinajstić information content (AvgIpc) is 0.996. The minimum Gasteiger partial charge on any atom is -0.311 e. The molecule has 6 heteroatoms. The van der Waals surface area contributed by atoms with Gasteiger partial charge in [-0.25, -0.2) is 0 Å². The summed E-state index contributed by atoms with van der Waals surface area (Å²) >= 11 is 0. The summed E-state index contributed by atoms with van der Waals surface area (Å²) in [6.45, 7) is 62.0. The second-order valence-electron chi connectivity index (χ2n) is 47.9. The zero-order valence-corrected chi connectivity index (χ0v) is 82.3. The topological polar surface area (TPSA) is 13.0 Å². The molecule has 0 saturated carbocycles. The van der Waals surface area contributed by atoms with Gasteiger partial charge < -0.3 is 19.6 Å². The highest BCUT2D eigenvalue weighted by atomic mass is 15.2. The van der Waals surface area contributed by atoms with Crippen molar-refractivity contribution in [3.63, 3.8) is 0 Å². The molecule has 14 aromatic carbocycles. The minimum absolute atomic E-state index is 0.00954. The van der Waals surface area contributed by atoms with Crippen LogP contribution in [0.1, 0.15) is 258 Å². The third-order valence-corrected chi connectivity index (χ3v) is 30.2. The number of fused-ring (bicyclic) bond motifs is 10. The Hall–Kier alpha value is -11.6. The van der Waals surface area contributed by atoms with Crippen molar-refractivity contribution < 1.29 is 0 Å². The normalized spacial score (nSPS) is 15.9. The smallest absolute Gasteiger partial charge is 0.252 e. The summed E-state index contributed by atoms with van der Waals surface area (Å²) in [4.78, 5) is 10.7. The van der Waals surface area contributed by atoms with Gasteiger partial charge in [-0.2, -0.15) is 0 Å². The van der Waals surface area contributed by atoms with Crippen molar-refractivity contribution in [2.45, 2.75) is 255 Å². The van der Waals surface area contributed by atoms with E-state index in [0.29, 0.717) is 0 Å². The van der Waals surface area contributed by atoms with Gasteiger partial charge in [-0.05, 0) is 323 Å². The number of benzene rings is 14. The fourth-order valence-corrected chi connectivity index (χ4v) is 23.2. The molecule has 20 rings (SSSR count). The van der Waals surface area contributed by atoms with Crippen LogP contribution in [0.3, 0.4) is 0 Å². The first-order chi connectivity index (χ1) is 61.2. The van der Waals surface area contributed by atoms with Crippen LogP contribution in [0.4, 0.5) is 68.2 Å². The molecule has 654 valence electrons. The summed E-state index contributed by atoms with van der Waals surface area (Å²) in [5.74, 6) is 0.106. The predicted octanol–water partition coefficient (Wildman–Crippen LogP) is 30.0. The van der Waals surface area contributed by atoms with Crippen LogP contribution in [-0.4, -0.2) is 13.4 Å². The highest BCUT2D eigenvalue weighted by Gasteiger charge is 2.51. The lowest BCUT2D eigenvalue weighted by Gasteiger charge is -2.45. The van der Waals surface area contributed by atoms with E-state index in [9.17, 15) is 0 Å². The van der Waals surface area contributed by atoms with Crippen molar-refractivity contribution in [1.29, 1.82) is 0 Å². The predicted molar refractivity (Wildman–Crippen MR) is 564 cm³/mol. The summed E-state index contributed by atoms with van der Waals surface area (Å²) in [5, 5.41) is 0. The van der Waals surface area contributed by atoms with Crippen LogP contribution in [0.2, 0.25) is 0 Å². The zero-order chi connectivity index (χ0) is 91.7. The van der Waals surface area contributed by atoms with Gasteiger partial charge in [0.25, 0.3) is 13.4 Å². The Balaban J connectivity index is 0.760. The van der Waals surface area contributed by atoms with E-state index >= 15 is 0 Å². The minimum atomic E-state index is -0.100. The third kappa shape index (κ3) is 14.9. The van der Waals surface area contributed by atoms with Crippen molar-refractivity contribution in [2.75, 3.05) is 19.6 Å².